The minimum atomic E-state index is -0.953. The van der Waals surface area contributed by atoms with Crippen molar-refractivity contribution in [2.75, 3.05) is 0 Å². The van der Waals surface area contributed by atoms with Crippen molar-refractivity contribution in [1.29, 1.82) is 0 Å². The van der Waals surface area contributed by atoms with Crippen molar-refractivity contribution in [1.82, 2.24) is 10.1 Å². The molecule has 0 saturated heterocycles. The van der Waals surface area contributed by atoms with Gasteiger partial charge in [-0.1, -0.05) is 23.4 Å². The molecular weight excluding hydrogens is 256 g/mol. The van der Waals surface area contributed by atoms with Crippen molar-refractivity contribution in [3.05, 3.63) is 60.3 Å². The maximum atomic E-state index is 10.8. The highest BCUT2D eigenvalue weighted by atomic mass is 16.5. The Morgan fingerprint density at radius 1 is 1.05 bits per heavy atom. The number of hydrogen-bond donors (Lipinski definition) is 1. The van der Waals surface area contributed by atoms with Crippen molar-refractivity contribution in [3.8, 4) is 22.7 Å². The molecule has 0 spiro atoms. The van der Waals surface area contributed by atoms with Gasteiger partial charge in [0.2, 0.25) is 0 Å². The van der Waals surface area contributed by atoms with Gasteiger partial charge in [0, 0.05) is 17.8 Å². The van der Waals surface area contributed by atoms with E-state index in [2.05, 4.69) is 10.1 Å². The third-order valence-electron chi connectivity index (χ3n) is 2.86. The number of pyridine rings is 1. The summed E-state index contributed by atoms with van der Waals surface area (Å²) >= 11 is 0. The molecule has 0 aliphatic carbocycles. The molecule has 0 unspecified atom stereocenters. The van der Waals surface area contributed by atoms with Crippen LogP contribution in [0.5, 0.6) is 0 Å². The molecule has 0 aliphatic heterocycles. The molecular formula is C15H10N2O3. The summed E-state index contributed by atoms with van der Waals surface area (Å²) in [4.78, 5) is 15.0. The molecule has 3 rings (SSSR count). The predicted octanol–water partition coefficient (Wildman–Crippen LogP) is 3.10. The van der Waals surface area contributed by atoms with Crippen LogP contribution in [0.1, 0.15) is 10.4 Å². The summed E-state index contributed by atoms with van der Waals surface area (Å²) in [5, 5.41) is 12.8. The van der Waals surface area contributed by atoms with Crippen LogP contribution in [0, 0.1) is 0 Å². The van der Waals surface area contributed by atoms with E-state index in [4.69, 9.17) is 9.63 Å². The minimum absolute atomic E-state index is 0.238. The van der Waals surface area contributed by atoms with Crippen LogP contribution < -0.4 is 0 Å². The second kappa shape index (κ2) is 4.97. The molecule has 0 atom stereocenters. The maximum absolute atomic E-state index is 10.8. The average Bonchev–Trinajstić information content (AvgIpc) is 2.98. The normalized spacial score (nSPS) is 10.4. The van der Waals surface area contributed by atoms with Gasteiger partial charge in [0.25, 0.3) is 0 Å². The Hall–Kier alpha value is -2.95. The summed E-state index contributed by atoms with van der Waals surface area (Å²) in [6.07, 6.45) is 1.68. The van der Waals surface area contributed by atoms with Crippen LogP contribution in [0.15, 0.2) is 59.3 Å². The van der Waals surface area contributed by atoms with Gasteiger partial charge >= 0.3 is 5.97 Å². The lowest BCUT2D eigenvalue weighted by atomic mass is 10.1. The first-order valence-electron chi connectivity index (χ1n) is 5.96. The largest absolute Gasteiger partial charge is 0.478 e. The molecule has 0 amide bonds. The van der Waals surface area contributed by atoms with Gasteiger partial charge < -0.3 is 9.63 Å². The zero-order valence-corrected chi connectivity index (χ0v) is 10.4. The Morgan fingerprint density at radius 2 is 1.85 bits per heavy atom. The fourth-order valence-electron chi connectivity index (χ4n) is 1.82. The van der Waals surface area contributed by atoms with E-state index in [0.717, 1.165) is 5.56 Å². The Morgan fingerprint density at radius 3 is 2.50 bits per heavy atom. The molecule has 5 nitrogen and oxygen atoms in total. The number of rotatable bonds is 3. The van der Waals surface area contributed by atoms with Crippen molar-refractivity contribution in [3.63, 3.8) is 0 Å². The summed E-state index contributed by atoms with van der Waals surface area (Å²) in [5.41, 5.74) is 2.37. The van der Waals surface area contributed by atoms with Crippen LogP contribution in [0.4, 0.5) is 0 Å². The summed E-state index contributed by atoms with van der Waals surface area (Å²) in [6, 6.07) is 13.8. The quantitative estimate of drug-likeness (QED) is 0.788. The second-order valence-electron chi connectivity index (χ2n) is 4.17. The highest BCUT2D eigenvalue weighted by molar-refractivity contribution is 5.88. The van der Waals surface area contributed by atoms with Crippen molar-refractivity contribution in [2.45, 2.75) is 0 Å². The Kier molecular flexibility index (Phi) is 3.01. The number of benzene rings is 1. The lowest BCUT2D eigenvalue weighted by molar-refractivity contribution is 0.0697. The van der Waals surface area contributed by atoms with E-state index in [1.807, 2.05) is 18.2 Å². The predicted molar refractivity (Wildman–Crippen MR) is 72.1 cm³/mol. The van der Waals surface area contributed by atoms with Crippen molar-refractivity contribution >= 4 is 5.97 Å². The third kappa shape index (κ3) is 2.29. The number of carboxylic acids is 1. The molecule has 0 radical (unpaired) electrons. The highest BCUT2D eigenvalue weighted by Gasteiger charge is 2.10. The average molecular weight is 266 g/mol. The molecule has 5 heteroatoms. The number of aromatic nitrogens is 2. The van der Waals surface area contributed by atoms with Crippen LogP contribution in [0.2, 0.25) is 0 Å². The molecule has 3 aromatic rings. The van der Waals surface area contributed by atoms with Crippen LogP contribution in [-0.2, 0) is 0 Å². The van der Waals surface area contributed by atoms with Crippen LogP contribution in [0.3, 0.4) is 0 Å². The summed E-state index contributed by atoms with van der Waals surface area (Å²) in [7, 11) is 0. The van der Waals surface area contributed by atoms with Gasteiger partial charge in [0.05, 0.1) is 5.56 Å². The molecule has 1 N–H and O–H groups in total. The zero-order chi connectivity index (χ0) is 13.9. The van der Waals surface area contributed by atoms with E-state index in [-0.39, 0.29) is 5.56 Å². The van der Waals surface area contributed by atoms with Crippen LogP contribution in [0.25, 0.3) is 22.7 Å². The fraction of sp³-hybridized carbons (Fsp3) is 0. The lowest BCUT2D eigenvalue weighted by Gasteiger charge is -1.96. The third-order valence-corrected chi connectivity index (χ3v) is 2.86. The first-order chi connectivity index (χ1) is 9.74. The first-order valence-corrected chi connectivity index (χ1v) is 5.96. The van der Waals surface area contributed by atoms with E-state index in [1.165, 1.54) is 12.1 Å². The van der Waals surface area contributed by atoms with Crippen molar-refractivity contribution in [2.24, 2.45) is 0 Å². The van der Waals surface area contributed by atoms with Crippen LogP contribution >= 0.6 is 0 Å². The van der Waals surface area contributed by atoms with Gasteiger partial charge in [-0.25, -0.2) is 4.79 Å². The van der Waals surface area contributed by atoms with Gasteiger partial charge in [0.1, 0.15) is 11.4 Å². The summed E-state index contributed by atoms with van der Waals surface area (Å²) < 4.78 is 5.25. The van der Waals surface area contributed by atoms with Gasteiger partial charge in [-0.3, -0.25) is 4.98 Å². The minimum Gasteiger partial charge on any atom is -0.478 e. The number of nitrogens with zero attached hydrogens (tertiary/aromatic N) is 2. The van der Waals surface area contributed by atoms with Crippen molar-refractivity contribution < 1.29 is 14.4 Å². The topological polar surface area (TPSA) is 76.2 Å². The molecule has 0 bridgehead atoms. The lowest BCUT2D eigenvalue weighted by Crippen LogP contribution is -1.94. The first kappa shape index (κ1) is 12.1. The fourth-order valence-corrected chi connectivity index (χ4v) is 1.82. The SMILES string of the molecule is O=C(O)c1ccc(-c2cc(-c3ccccn3)on2)cc1. The zero-order valence-electron chi connectivity index (χ0n) is 10.4. The number of carbonyl (C=O) groups is 1. The Bertz CT molecular complexity index is 733. The van der Waals surface area contributed by atoms with E-state index in [9.17, 15) is 4.79 Å². The van der Waals surface area contributed by atoms with E-state index in [1.54, 1.807) is 24.4 Å². The van der Waals surface area contributed by atoms with E-state index in [0.29, 0.717) is 17.1 Å². The maximum Gasteiger partial charge on any atom is 0.335 e. The number of hydrogen-bond acceptors (Lipinski definition) is 4. The number of carboxylic acid groups (broad SMARTS) is 1. The molecule has 0 fully saturated rings. The standard InChI is InChI=1S/C15H10N2O3/c18-15(19)11-6-4-10(5-7-11)13-9-14(20-17-13)12-3-1-2-8-16-12/h1-9H,(H,18,19). The molecule has 0 saturated carbocycles. The second-order valence-corrected chi connectivity index (χ2v) is 4.17. The molecule has 2 aromatic heterocycles. The highest BCUT2D eigenvalue weighted by Crippen LogP contribution is 2.24. The van der Waals surface area contributed by atoms with E-state index >= 15 is 0 Å². The molecule has 98 valence electrons. The summed E-state index contributed by atoms with van der Waals surface area (Å²) in [5.74, 6) is -0.381. The summed E-state index contributed by atoms with van der Waals surface area (Å²) in [6.45, 7) is 0. The van der Waals surface area contributed by atoms with Gasteiger partial charge in [-0.05, 0) is 24.3 Å². The molecule has 2 heterocycles. The van der Waals surface area contributed by atoms with Crippen LogP contribution in [-0.4, -0.2) is 21.2 Å². The smallest absolute Gasteiger partial charge is 0.335 e. The monoisotopic (exact) mass is 266 g/mol. The number of aromatic carboxylic acids is 1. The van der Waals surface area contributed by atoms with E-state index < -0.39 is 5.97 Å². The molecule has 20 heavy (non-hydrogen) atoms. The molecule has 0 aliphatic rings. The van der Waals surface area contributed by atoms with Gasteiger partial charge in [-0.15, -0.1) is 0 Å². The van der Waals surface area contributed by atoms with Gasteiger partial charge in [-0.2, -0.15) is 0 Å². The van der Waals surface area contributed by atoms with Gasteiger partial charge in [0.15, 0.2) is 5.76 Å². The molecule has 1 aromatic carbocycles. The Labute approximate surface area is 114 Å². The Balaban J connectivity index is 1.92.